The smallest absolute Gasteiger partial charge is 0.335 e. The number of amides is 1. The number of benzene rings is 2. The zero-order chi connectivity index (χ0) is 15.4. The van der Waals surface area contributed by atoms with Crippen LogP contribution in [0.2, 0.25) is 0 Å². The second-order valence-electron chi connectivity index (χ2n) is 4.42. The number of carbonyl (C=O) groups is 2. The van der Waals surface area contributed by atoms with E-state index in [-0.39, 0.29) is 11.5 Å². The predicted molar refractivity (Wildman–Crippen MR) is 83.1 cm³/mol. The van der Waals surface area contributed by atoms with Gasteiger partial charge in [0.1, 0.15) is 0 Å². The zero-order valence-electron chi connectivity index (χ0n) is 11.0. The highest BCUT2D eigenvalue weighted by Crippen LogP contribution is 2.18. The molecule has 0 heterocycles. The van der Waals surface area contributed by atoms with Crippen LogP contribution < -0.4 is 11.1 Å². The fraction of sp³-hybridized carbons (Fsp3) is 0.0667. The van der Waals surface area contributed by atoms with E-state index in [0.29, 0.717) is 17.8 Å². The molecule has 1 amide bonds. The Kier molecular flexibility index (Phi) is 4.59. The van der Waals surface area contributed by atoms with Crippen molar-refractivity contribution in [2.24, 2.45) is 0 Å². The summed E-state index contributed by atoms with van der Waals surface area (Å²) in [6, 6.07) is 11.4. The van der Waals surface area contributed by atoms with E-state index < -0.39 is 5.97 Å². The molecule has 0 aliphatic heterocycles. The Morgan fingerprint density at radius 3 is 2.43 bits per heavy atom. The number of aromatic carboxylic acids is 1. The lowest BCUT2D eigenvalue weighted by atomic mass is 10.1. The van der Waals surface area contributed by atoms with E-state index in [4.69, 9.17) is 10.8 Å². The predicted octanol–water partition coefficient (Wildman–Crippen LogP) is 2.66. The van der Waals surface area contributed by atoms with Crippen LogP contribution >= 0.6 is 15.9 Å². The SMILES string of the molecule is Nc1ccc(Br)cc1C(=O)NCc1ccc(C(=O)O)cc1. The summed E-state index contributed by atoms with van der Waals surface area (Å²) in [6.07, 6.45) is 0. The van der Waals surface area contributed by atoms with Gasteiger partial charge in [0.25, 0.3) is 5.91 Å². The third-order valence-corrected chi connectivity index (χ3v) is 3.41. The van der Waals surface area contributed by atoms with Gasteiger partial charge >= 0.3 is 5.97 Å². The van der Waals surface area contributed by atoms with Gasteiger partial charge in [-0.25, -0.2) is 4.79 Å². The highest BCUT2D eigenvalue weighted by molar-refractivity contribution is 9.10. The molecule has 0 radical (unpaired) electrons. The van der Waals surface area contributed by atoms with E-state index in [0.717, 1.165) is 10.0 Å². The van der Waals surface area contributed by atoms with Gasteiger partial charge in [-0.2, -0.15) is 0 Å². The van der Waals surface area contributed by atoms with Crippen LogP contribution in [0.5, 0.6) is 0 Å². The quantitative estimate of drug-likeness (QED) is 0.740. The first-order valence-corrected chi connectivity index (χ1v) is 6.92. The molecule has 2 rings (SSSR count). The third-order valence-electron chi connectivity index (χ3n) is 2.91. The van der Waals surface area contributed by atoms with Crippen LogP contribution in [0.15, 0.2) is 46.9 Å². The van der Waals surface area contributed by atoms with E-state index in [1.165, 1.54) is 12.1 Å². The van der Waals surface area contributed by atoms with Crippen LogP contribution in [0.25, 0.3) is 0 Å². The summed E-state index contributed by atoms with van der Waals surface area (Å²) in [7, 11) is 0. The Balaban J connectivity index is 2.04. The lowest BCUT2D eigenvalue weighted by Crippen LogP contribution is -2.23. The molecule has 0 aliphatic carbocycles. The topological polar surface area (TPSA) is 92.4 Å². The lowest BCUT2D eigenvalue weighted by Gasteiger charge is -2.08. The van der Waals surface area contributed by atoms with Crippen molar-refractivity contribution in [3.8, 4) is 0 Å². The van der Waals surface area contributed by atoms with Gasteiger partial charge in [-0.3, -0.25) is 4.79 Å². The van der Waals surface area contributed by atoms with Crippen molar-refractivity contribution in [3.05, 3.63) is 63.6 Å². The highest BCUT2D eigenvalue weighted by atomic mass is 79.9. The van der Waals surface area contributed by atoms with Gasteiger partial charge in [0.15, 0.2) is 0 Å². The summed E-state index contributed by atoms with van der Waals surface area (Å²) in [5, 5.41) is 11.6. The van der Waals surface area contributed by atoms with Gasteiger partial charge in [0.05, 0.1) is 11.1 Å². The number of carbonyl (C=O) groups excluding carboxylic acids is 1. The number of hydrogen-bond acceptors (Lipinski definition) is 3. The van der Waals surface area contributed by atoms with Crippen molar-refractivity contribution in [2.75, 3.05) is 5.73 Å². The molecule has 0 aromatic heterocycles. The Morgan fingerprint density at radius 2 is 1.81 bits per heavy atom. The van der Waals surface area contributed by atoms with E-state index >= 15 is 0 Å². The summed E-state index contributed by atoms with van der Waals surface area (Å²) < 4.78 is 0.771. The van der Waals surface area contributed by atoms with Gasteiger partial charge in [0, 0.05) is 16.7 Å². The minimum Gasteiger partial charge on any atom is -0.478 e. The molecule has 5 nitrogen and oxygen atoms in total. The first-order chi connectivity index (χ1) is 9.97. The zero-order valence-corrected chi connectivity index (χ0v) is 12.6. The average Bonchev–Trinajstić information content (AvgIpc) is 2.47. The van der Waals surface area contributed by atoms with Gasteiger partial charge in [-0.15, -0.1) is 0 Å². The first kappa shape index (κ1) is 15.1. The van der Waals surface area contributed by atoms with Crippen LogP contribution in [0, 0.1) is 0 Å². The summed E-state index contributed by atoms with van der Waals surface area (Å²) in [5.41, 5.74) is 7.58. The molecule has 0 spiro atoms. The fourth-order valence-electron chi connectivity index (χ4n) is 1.77. The summed E-state index contributed by atoms with van der Waals surface area (Å²) in [6.45, 7) is 0.296. The maximum Gasteiger partial charge on any atom is 0.335 e. The maximum atomic E-state index is 12.1. The van der Waals surface area contributed by atoms with Crippen molar-refractivity contribution >= 4 is 33.5 Å². The van der Waals surface area contributed by atoms with E-state index in [1.54, 1.807) is 30.3 Å². The Morgan fingerprint density at radius 1 is 1.14 bits per heavy atom. The Labute approximate surface area is 129 Å². The monoisotopic (exact) mass is 348 g/mol. The van der Waals surface area contributed by atoms with Crippen LogP contribution in [-0.4, -0.2) is 17.0 Å². The molecule has 6 heteroatoms. The van der Waals surface area contributed by atoms with E-state index in [2.05, 4.69) is 21.2 Å². The number of nitrogen functional groups attached to an aromatic ring is 1. The van der Waals surface area contributed by atoms with Crippen molar-refractivity contribution < 1.29 is 14.7 Å². The first-order valence-electron chi connectivity index (χ1n) is 6.13. The number of anilines is 1. The number of hydrogen-bond donors (Lipinski definition) is 3. The van der Waals surface area contributed by atoms with Crippen LogP contribution in [-0.2, 0) is 6.54 Å². The molecule has 21 heavy (non-hydrogen) atoms. The molecular weight excluding hydrogens is 336 g/mol. The average molecular weight is 349 g/mol. The standard InChI is InChI=1S/C15H13BrN2O3/c16-11-5-6-13(17)12(7-11)14(19)18-8-9-1-3-10(4-2-9)15(20)21/h1-7H,8,17H2,(H,18,19)(H,20,21). The molecule has 0 fully saturated rings. The molecule has 0 saturated heterocycles. The molecule has 2 aromatic rings. The number of nitrogens with two attached hydrogens (primary N) is 1. The van der Waals surface area contributed by atoms with Crippen LogP contribution in [0.3, 0.4) is 0 Å². The highest BCUT2D eigenvalue weighted by Gasteiger charge is 2.10. The second-order valence-corrected chi connectivity index (χ2v) is 5.33. The van der Waals surface area contributed by atoms with E-state index in [1.807, 2.05) is 0 Å². The largest absolute Gasteiger partial charge is 0.478 e. The minimum absolute atomic E-state index is 0.210. The summed E-state index contributed by atoms with van der Waals surface area (Å²) in [5.74, 6) is -1.26. The summed E-state index contributed by atoms with van der Waals surface area (Å²) in [4.78, 5) is 22.8. The molecule has 0 bridgehead atoms. The molecule has 0 atom stereocenters. The molecule has 108 valence electrons. The molecule has 2 aromatic carbocycles. The molecule has 0 aliphatic rings. The Bertz CT molecular complexity index is 684. The number of nitrogens with one attached hydrogen (secondary N) is 1. The van der Waals surface area contributed by atoms with E-state index in [9.17, 15) is 9.59 Å². The van der Waals surface area contributed by atoms with Gasteiger partial charge in [-0.1, -0.05) is 28.1 Å². The molecule has 0 unspecified atom stereocenters. The number of carboxylic acid groups (broad SMARTS) is 1. The molecule has 0 saturated carbocycles. The number of halogens is 1. The third kappa shape index (κ3) is 3.82. The van der Waals surface area contributed by atoms with Gasteiger partial charge < -0.3 is 16.2 Å². The van der Waals surface area contributed by atoms with Crippen molar-refractivity contribution in [2.45, 2.75) is 6.54 Å². The molecular formula is C15H13BrN2O3. The van der Waals surface area contributed by atoms with Crippen LogP contribution in [0.1, 0.15) is 26.3 Å². The number of rotatable bonds is 4. The minimum atomic E-state index is -0.979. The molecule has 4 N–H and O–H groups in total. The van der Waals surface area contributed by atoms with Crippen molar-refractivity contribution in [1.82, 2.24) is 5.32 Å². The second kappa shape index (κ2) is 6.41. The van der Waals surface area contributed by atoms with Gasteiger partial charge in [-0.05, 0) is 35.9 Å². The van der Waals surface area contributed by atoms with Crippen molar-refractivity contribution in [3.63, 3.8) is 0 Å². The maximum absolute atomic E-state index is 12.1. The van der Waals surface area contributed by atoms with Crippen LogP contribution in [0.4, 0.5) is 5.69 Å². The van der Waals surface area contributed by atoms with Crippen molar-refractivity contribution in [1.29, 1.82) is 0 Å². The lowest BCUT2D eigenvalue weighted by molar-refractivity contribution is 0.0696. The summed E-state index contributed by atoms with van der Waals surface area (Å²) >= 11 is 3.29. The normalized spacial score (nSPS) is 10.1. The number of carboxylic acids is 1. The Hall–Kier alpha value is -2.34. The fourth-order valence-corrected chi connectivity index (χ4v) is 2.13. The van der Waals surface area contributed by atoms with Gasteiger partial charge in [0.2, 0.25) is 0 Å².